The maximum absolute atomic E-state index is 10.8. The van der Waals surface area contributed by atoms with Crippen molar-refractivity contribution in [1.29, 1.82) is 0 Å². The molecule has 88 valence electrons. The van der Waals surface area contributed by atoms with Crippen LogP contribution in [-0.2, 0) is 0 Å². The molecule has 0 amide bonds. The standard InChI is InChI=1S/C14H10N2O2/c17-8-10-5-6-14(18)13(7-10)16-9-15-11-3-1-2-4-12(11)16/h1-9,18H. The maximum atomic E-state index is 10.8. The van der Waals surface area contributed by atoms with Gasteiger partial charge in [-0.1, -0.05) is 12.1 Å². The molecular formula is C14H10N2O2. The second kappa shape index (κ2) is 4.00. The van der Waals surface area contributed by atoms with Crippen molar-refractivity contribution in [2.75, 3.05) is 0 Å². The van der Waals surface area contributed by atoms with E-state index in [4.69, 9.17) is 0 Å². The largest absolute Gasteiger partial charge is 0.506 e. The van der Waals surface area contributed by atoms with Gasteiger partial charge in [0.1, 0.15) is 18.4 Å². The zero-order chi connectivity index (χ0) is 12.5. The Hall–Kier alpha value is -2.62. The zero-order valence-corrected chi connectivity index (χ0v) is 9.45. The highest BCUT2D eigenvalue weighted by molar-refractivity contribution is 5.80. The van der Waals surface area contributed by atoms with Crippen molar-refractivity contribution >= 4 is 17.3 Å². The third-order valence-corrected chi connectivity index (χ3v) is 2.85. The molecule has 0 fully saturated rings. The lowest BCUT2D eigenvalue weighted by Gasteiger charge is -2.07. The summed E-state index contributed by atoms with van der Waals surface area (Å²) in [5.41, 5.74) is 2.79. The molecule has 0 aliphatic heterocycles. The Balaban J connectivity index is 2.28. The molecule has 1 N–H and O–H groups in total. The predicted molar refractivity (Wildman–Crippen MR) is 68.1 cm³/mol. The van der Waals surface area contributed by atoms with Crippen LogP contribution in [0.5, 0.6) is 5.75 Å². The number of aldehydes is 1. The number of imidazole rings is 1. The summed E-state index contributed by atoms with van der Waals surface area (Å²) in [4.78, 5) is 15.1. The number of hydrogen-bond acceptors (Lipinski definition) is 3. The Morgan fingerprint density at radius 1 is 1.17 bits per heavy atom. The van der Waals surface area contributed by atoms with E-state index in [2.05, 4.69) is 4.98 Å². The summed E-state index contributed by atoms with van der Waals surface area (Å²) >= 11 is 0. The molecule has 0 aliphatic carbocycles. The lowest BCUT2D eigenvalue weighted by atomic mass is 10.2. The SMILES string of the molecule is O=Cc1ccc(O)c(-n2cnc3ccccc32)c1. The van der Waals surface area contributed by atoms with Gasteiger partial charge in [-0.2, -0.15) is 0 Å². The van der Waals surface area contributed by atoms with Crippen LogP contribution < -0.4 is 0 Å². The molecule has 0 bridgehead atoms. The van der Waals surface area contributed by atoms with Crippen molar-refractivity contribution in [3.05, 3.63) is 54.4 Å². The molecule has 0 atom stereocenters. The Bertz CT molecular complexity index is 731. The van der Waals surface area contributed by atoms with Gasteiger partial charge in [-0.25, -0.2) is 4.98 Å². The van der Waals surface area contributed by atoms with Gasteiger partial charge in [0.15, 0.2) is 0 Å². The van der Waals surface area contributed by atoms with E-state index in [1.54, 1.807) is 23.0 Å². The van der Waals surface area contributed by atoms with Crippen LogP contribution in [0.1, 0.15) is 10.4 Å². The van der Waals surface area contributed by atoms with Crippen molar-refractivity contribution in [3.63, 3.8) is 0 Å². The van der Waals surface area contributed by atoms with Gasteiger partial charge < -0.3 is 5.11 Å². The third kappa shape index (κ3) is 1.55. The third-order valence-electron chi connectivity index (χ3n) is 2.85. The Kier molecular flexibility index (Phi) is 2.34. The van der Waals surface area contributed by atoms with Crippen LogP contribution in [0.4, 0.5) is 0 Å². The van der Waals surface area contributed by atoms with Crippen LogP contribution in [0, 0.1) is 0 Å². The van der Waals surface area contributed by atoms with Gasteiger partial charge in [0.25, 0.3) is 0 Å². The first-order valence-electron chi connectivity index (χ1n) is 5.50. The number of benzene rings is 2. The number of phenolic OH excluding ortho intramolecular Hbond substituents is 1. The van der Waals surface area contributed by atoms with E-state index in [1.165, 1.54) is 6.07 Å². The number of nitrogens with zero attached hydrogens (tertiary/aromatic N) is 2. The number of aromatic nitrogens is 2. The minimum absolute atomic E-state index is 0.115. The summed E-state index contributed by atoms with van der Waals surface area (Å²) in [6.07, 6.45) is 2.39. The van der Waals surface area contributed by atoms with Gasteiger partial charge >= 0.3 is 0 Å². The summed E-state index contributed by atoms with van der Waals surface area (Å²) in [6.45, 7) is 0. The average molecular weight is 238 g/mol. The van der Waals surface area contributed by atoms with E-state index < -0.39 is 0 Å². The second-order valence-corrected chi connectivity index (χ2v) is 3.97. The van der Waals surface area contributed by atoms with E-state index in [9.17, 15) is 9.90 Å². The molecule has 0 aliphatic rings. The number of para-hydroxylation sites is 2. The van der Waals surface area contributed by atoms with Crippen molar-refractivity contribution in [3.8, 4) is 11.4 Å². The molecule has 4 heteroatoms. The number of aromatic hydroxyl groups is 1. The number of hydrogen-bond donors (Lipinski definition) is 1. The Labute approximate surface area is 103 Å². The molecular weight excluding hydrogens is 228 g/mol. The molecule has 4 nitrogen and oxygen atoms in total. The first-order valence-corrected chi connectivity index (χ1v) is 5.50. The first-order chi connectivity index (χ1) is 8.79. The summed E-state index contributed by atoms with van der Waals surface area (Å²) < 4.78 is 1.76. The van der Waals surface area contributed by atoms with Crippen LogP contribution in [0.3, 0.4) is 0 Å². The molecule has 1 heterocycles. The van der Waals surface area contributed by atoms with Gasteiger partial charge in [0, 0.05) is 5.56 Å². The summed E-state index contributed by atoms with van der Waals surface area (Å²) in [7, 11) is 0. The van der Waals surface area contributed by atoms with Crippen molar-refractivity contribution in [2.24, 2.45) is 0 Å². The highest BCUT2D eigenvalue weighted by Gasteiger charge is 2.08. The highest BCUT2D eigenvalue weighted by Crippen LogP contribution is 2.26. The number of carbonyl (C=O) groups is 1. The number of rotatable bonds is 2. The van der Waals surface area contributed by atoms with Crippen LogP contribution in [0.2, 0.25) is 0 Å². The topological polar surface area (TPSA) is 55.1 Å². The molecule has 0 saturated carbocycles. The predicted octanol–water partition coefficient (Wildman–Crippen LogP) is 2.54. The fraction of sp³-hybridized carbons (Fsp3) is 0. The zero-order valence-electron chi connectivity index (χ0n) is 9.45. The van der Waals surface area contributed by atoms with Crippen molar-refractivity contribution in [1.82, 2.24) is 9.55 Å². The molecule has 2 aromatic carbocycles. The van der Waals surface area contributed by atoms with Gasteiger partial charge in [-0.05, 0) is 30.3 Å². The number of phenols is 1. The molecule has 3 rings (SSSR count). The average Bonchev–Trinajstić information content (AvgIpc) is 2.83. The molecule has 0 saturated heterocycles. The quantitative estimate of drug-likeness (QED) is 0.698. The van der Waals surface area contributed by atoms with Crippen LogP contribution in [0.25, 0.3) is 16.7 Å². The maximum Gasteiger partial charge on any atom is 0.150 e. The van der Waals surface area contributed by atoms with E-state index in [0.29, 0.717) is 11.3 Å². The van der Waals surface area contributed by atoms with E-state index >= 15 is 0 Å². The van der Waals surface area contributed by atoms with Crippen molar-refractivity contribution < 1.29 is 9.90 Å². The van der Waals surface area contributed by atoms with E-state index in [1.807, 2.05) is 24.3 Å². The first kappa shape index (κ1) is 10.5. The van der Waals surface area contributed by atoms with Gasteiger partial charge in [0.2, 0.25) is 0 Å². The summed E-state index contributed by atoms with van der Waals surface area (Å²) in [5, 5.41) is 9.90. The summed E-state index contributed by atoms with van der Waals surface area (Å²) in [5.74, 6) is 0.115. The Morgan fingerprint density at radius 3 is 2.83 bits per heavy atom. The monoisotopic (exact) mass is 238 g/mol. The molecule has 0 radical (unpaired) electrons. The fourth-order valence-electron chi connectivity index (χ4n) is 1.96. The summed E-state index contributed by atoms with van der Waals surface area (Å²) in [6, 6.07) is 12.3. The Morgan fingerprint density at radius 2 is 2.00 bits per heavy atom. The van der Waals surface area contributed by atoms with Gasteiger partial charge in [0.05, 0.1) is 16.7 Å². The van der Waals surface area contributed by atoms with Crippen molar-refractivity contribution in [2.45, 2.75) is 0 Å². The highest BCUT2D eigenvalue weighted by atomic mass is 16.3. The molecule has 1 aromatic heterocycles. The van der Waals surface area contributed by atoms with Gasteiger partial charge in [-0.3, -0.25) is 9.36 Å². The second-order valence-electron chi connectivity index (χ2n) is 3.97. The minimum Gasteiger partial charge on any atom is -0.506 e. The number of fused-ring (bicyclic) bond motifs is 1. The molecule has 0 spiro atoms. The molecule has 18 heavy (non-hydrogen) atoms. The van der Waals surface area contributed by atoms with E-state index in [0.717, 1.165) is 17.3 Å². The smallest absolute Gasteiger partial charge is 0.150 e. The molecule has 0 unspecified atom stereocenters. The van der Waals surface area contributed by atoms with Crippen LogP contribution in [-0.4, -0.2) is 20.9 Å². The fourth-order valence-corrected chi connectivity index (χ4v) is 1.96. The normalized spacial score (nSPS) is 10.7. The van der Waals surface area contributed by atoms with Crippen LogP contribution in [0.15, 0.2) is 48.8 Å². The van der Waals surface area contributed by atoms with Gasteiger partial charge in [-0.15, -0.1) is 0 Å². The lowest BCUT2D eigenvalue weighted by molar-refractivity contribution is 0.112. The molecule has 3 aromatic rings. The van der Waals surface area contributed by atoms with E-state index in [-0.39, 0.29) is 5.75 Å². The lowest BCUT2D eigenvalue weighted by Crippen LogP contribution is -1.94. The number of carbonyl (C=O) groups excluding carboxylic acids is 1. The minimum atomic E-state index is 0.115. The van der Waals surface area contributed by atoms with Crippen LogP contribution >= 0.6 is 0 Å².